The summed E-state index contributed by atoms with van der Waals surface area (Å²) in [6.45, 7) is 0.130. The molecule has 2 N–H and O–H groups in total. The van der Waals surface area contributed by atoms with Gasteiger partial charge in [-0.15, -0.1) is 0 Å². The summed E-state index contributed by atoms with van der Waals surface area (Å²) in [6.07, 6.45) is 2.99. The lowest BCUT2D eigenvalue weighted by Gasteiger charge is -2.10. The Morgan fingerprint density at radius 3 is 2.40 bits per heavy atom. The molecule has 3 aromatic carbocycles. The van der Waals surface area contributed by atoms with Crippen molar-refractivity contribution in [1.82, 2.24) is 10.7 Å². The monoisotopic (exact) mass is 473 g/mol. The van der Waals surface area contributed by atoms with E-state index in [1.54, 1.807) is 73.8 Å². The van der Waals surface area contributed by atoms with E-state index in [1.807, 2.05) is 0 Å². The summed E-state index contributed by atoms with van der Waals surface area (Å²) in [4.78, 5) is 25.7. The highest BCUT2D eigenvalue weighted by Crippen LogP contribution is 2.33. The molecule has 4 rings (SSSR count). The van der Waals surface area contributed by atoms with Gasteiger partial charge < -0.3 is 24.3 Å². The van der Waals surface area contributed by atoms with Gasteiger partial charge in [0.05, 0.1) is 20.4 Å². The fourth-order valence-electron chi connectivity index (χ4n) is 3.27. The molecule has 9 heteroatoms. The van der Waals surface area contributed by atoms with E-state index >= 15 is 0 Å². The molecule has 0 unspecified atom stereocenters. The molecule has 1 aliphatic rings. The first-order valence-corrected chi connectivity index (χ1v) is 10.6. The Hall–Kier alpha value is -4.79. The minimum absolute atomic E-state index is 0.00202. The molecule has 35 heavy (non-hydrogen) atoms. The van der Waals surface area contributed by atoms with Crippen LogP contribution in [0, 0.1) is 0 Å². The lowest BCUT2D eigenvalue weighted by Crippen LogP contribution is -2.32. The Kier molecular flexibility index (Phi) is 7.27. The number of rotatable bonds is 8. The van der Waals surface area contributed by atoms with E-state index in [-0.39, 0.29) is 12.5 Å². The first-order valence-electron chi connectivity index (χ1n) is 10.6. The van der Waals surface area contributed by atoms with E-state index in [4.69, 9.17) is 18.9 Å². The van der Waals surface area contributed by atoms with Crippen molar-refractivity contribution in [2.75, 3.05) is 21.0 Å². The third-order valence-electron chi connectivity index (χ3n) is 5.02. The maximum Gasteiger partial charge on any atom is 0.287 e. The standard InChI is InChI=1S/C26H23N3O6/c1-32-21-10-9-18(14-23(21)33-2)15-27-29-26(31)20(28-25(30)19-6-4-3-5-7-19)12-17-8-11-22-24(13-17)35-16-34-22/h3-15H,16H2,1-2H3,(H,28,30)(H,29,31)/b20-12+,27-15-. The SMILES string of the molecule is COc1ccc(/C=N\NC(=O)/C(=C\c2ccc3c(c2)OCO3)NC(=O)c2ccccc2)cc1OC. The highest BCUT2D eigenvalue weighted by molar-refractivity contribution is 6.05. The normalized spacial score (nSPS) is 12.3. The van der Waals surface area contributed by atoms with Crippen LogP contribution in [0.2, 0.25) is 0 Å². The number of methoxy groups -OCH3 is 2. The van der Waals surface area contributed by atoms with Crippen molar-refractivity contribution < 1.29 is 28.5 Å². The summed E-state index contributed by atoms with van der Waals surface area (Å²) in [6, 6.07) is 19.0. The molecule has 0 atom stereocenters. The predicted octanol–water partition coefficient (Wildman–Crippen LogP) is 3.35. The quantitative estimate of drug-likeness (QED) is 0.295. The zero-order chi connectivity index (χ0) is 24.6. The number of hydrogen-bond acceptors (Lipinski definition) is 7. The first kappa shape index (κ1) is 23.4. The molecule has 178 valence electrons. The number of amides is 2. The van der Waals surface area contributed by atoms with Crippen LogP contribution in [0.25, 0.3) is 6.08 Å². The molecule has 0 fully saturated rings. The zero-order valence-corrected chi connectivity index (χ0v) is 19.1. The average molecular weight is 473 g/mol. The maximum atomic E-state index is 13.0. The van der Waals surface area contributed by atoms with Crippen LogP contribution in [0.3, 0.4) is 0 Å². The minimum Gasteiger partial charge on any atom is -0.493 e. The fraction of sp³-hybridized carbons (Fsp3) is 0.115. The largest absolute Gasteiger partial charge is 0.493 e. The van der Waals surface area contributed by atoms with Crippen LogP contribution >= 0.6 is 0 Å². The van der Waals surface area contributed by atoms with Gasteiger partial charge in [0, 0.05) is 5.56 Å². The van der Waals surface area contributed by atoms with Crippen molar-refractivity contribution in [2.24, 2.45) is 5.10 Å². The number of carbonyl (C=O) groups excluding carboxylic acids is 2. The number of nitrogens with zero attached hydrogens (tertiary/aromatic N) is 1. The number of fused-ring (bicyclic) bond motifs is 1. The van der Waals surface area contributed by atoms with Crippen molar-refractivity contribution in [2.45, 2.75) is 0 Å². The summed E-state index contributed by atoms with van der Waals surface area (Å²) in [5, 5.41) is 6.67. The molecule has 0 aliphatic carbocycles. The maximum absolute atomic E-state index is 13.0. The van der Waals surface area contributed by atoms with Gasteiger partial charge in [0.15, 0.2) is 23.0 Å². The molecular formula is C26H23N3O6. The molecule has 0 aromatic heterocycles. The third kappa shape index (κ3) is 5.77. The van der Waals surface area contributed by atoms with Crippen molar-refractivity contribution in [3.63, 3.8) is 0 Å². The number of nitrogens with one attached hydrogen (secondary N) is 2. The third-order valence-corrected chi connectivity index (χ3v) is 5.02. The van der Waals surface area contributed by atoms with Crippen LogP contribution < -0.4 is 29.7 Å². The molecule has 0 spiro atoms. The molecule has 1 heterocycles. The second-order valence-corrected chi connectivity index (χ2v) is 7.30. The highest BCUT2D eigenvalue weighted by atomic mass is 16.7. The van der Waals surface area contributed by atoms with Gasteiger partial charge in [-0.1, -0.05) is 24.3 Å². The van der Waals surface area contributed by atoms with E-state index in [2.05, 4.69) is 15.8 Å². The second-order valence-electron chi connectivity index (χ2n) is 7.30. The lowest BCUT2D eigenvalue weighted by atomic mass is 10.1. The van der Waals surface area contributed by atoms with Crippen LogP contribution in [0.4, 0.5) is 0 Å². The molecular weight excluding hydrogens is 450 g/mol. The Bertz CT molecular complexity index is 1290. The highest BCUT2D eigenvalue weighted by Gasteiger charge is 2.17. The molecule has 2 amide bonds. The summed E-state index contributed by atoms with van der Waals surface area (Å²) < 4.78 is 21.2. The van der Waals surface area contributed by atoms with Crippen LogP contribution in [-0.4, -0.2) is 39.0 Å². The summed E-state index contributed by atoms with van der Waals surface area (Å²) in [7, 11) is 3.08. The summed E-state index contributed by atoms with van der Waals surface area (Å²) in [5.74, 6) is 1.23. The number of ether oxygens (including phenoxy) is 4. The van der Waals surface area contributed by atoms with Gasteiger partial charge in [-0.25, -0.2) is 5.43 Å². The minimum atomic E-state index is -0.608. The van der Waals surface area contributed by atoms with Crippen molar-refractivity contribution in [3.05, 3.63) is 89.1 Å². The predicted molar refractivity (Wildman–Crippen MR) is 130 cm³/mol. The van der Waals surface area contributed by atoms with Crippen molar-refractivity contribution >= 4 is 24.1 Å². The molecule has 3 aromatic rings. The Labute approximate surface area is 202 Å². The summed E-state index contributed by atoms with van der Waals surface area (Å²) >= 11 is 0. The van der Waals surface area contributed by atoms with Gasteiger partial charge in [-0.3, -0.25) is 9.59 Å². The van der Waals surface area contributed by atoms with Crippen LogP contribution in [-0.2, 0) is 4.79 Å². The lowest BCUT2D eigenvalue weighted by molar-refractivity contribution is -0.117. The molecule has 0 saturated heterocycles. The number of hydrazone groups is 1. The van der Waals surface area contributed by atoms with E-state index in [9.17, 15) is 9.59 Å². The van der Waals surface area contributed by atoms with Crippen LogP contribution in [0.15, 0.2) is 77.5 Å². The number of hydrogen-bond donors (Lipinski definition) is 2. The number of benzene rings is 3. The fourth-order valence-corrected chi connectivity index (χ4v) is 3.27. The zero-order valence-electron chi connectivity index (χ0n) is 19.1. The van der Waals surface area contributed by atoms with Gasteiger partial charge in [0.25, 0.3) is 11.8 Å². The Morgan fingerprint density at radius 1 is 0.886 bits per heavy atom. The van der Waals surface area contributed by atoms with E-state index in [0.29, 0.717) is 39.7 Å². The van der Waals surface area contributed by atoms with Crippen LogP contribution in [0.1, 0.15) is 21.5 Å². The van der Waals surface area contributed by atoms with E-state index in [0.717, 1.165) is 0 Å². The van der Waals surface area contributed by atoms with E-state index < -0.39 is 11.8 Å². The topological polar surface area (TPSA) is 107 Å². The number of carbonyl (C=O) groups is 2. The Morgan fingerprint density at radius 2 is 1.63 bits per heavy atom. The summed E-state index contributed by atoms with van der Waals surface area (Å²) in [5.41, 5.74) is 4.17. The molecule has 0 radical (unpaired) electrons. The average Bonchev–Trinajstić information content (AvgIpc) is 3.36. The first-order chi connectivity index (χ1) is 17.1. The van der Waals surface area contributed by atoms with E-state index in [1.165, 1.54) is 19.4 Å². The molecule has 0 saturated carbocycles. The Balaban J connectivity index is 1.54. The van der Waals surface area contributed by atoms with Crippen molar-refractivity contribution in [3.8, 4) is 23.0 Å². The van der Waals surface area contributed by atoms with Gasteiger partial charge in [-0.2, -0.15) is 5.10 Å². The van der Waals surface area contributed by atoms with Gasteiger partial charge in [-0.05, 0) is 59.7 Å². The molecule has 1 aliphatic heterocycles. The second kappa shape index (κ2) is 10.9. The smallest absolute Gasteiger partial charge is 0.287 e. The van der Waals surface area contributed by atoms with Gasteiger partial charge in [0.1, 0.15) is 5.70 Å². The van der Waals surface area contributed by atoms with Gasteiger partial charge in [0.2, 0.25) is 6.79 Å². The van der Waals surface area contributed by atoms with Crippen molar-refractivity contribution in [1.29, 1.82) is 0 Å². The molecule has 0 bridgehead atoms. The molecule has 9 nitrogen and oxygen atoms in total. The van der Waals surface area contributed by atoms with Crippen LogP contribution in [0.5, 0.6) is 23.0 Å². The van der Waals surface area contributed by atoms with Gasteiger partial charge >= 0.3 is 0 Å².